The van der Waals surface area contributed by atoms with Crippen molar-refractivity contribution in [2.24, 2.45) is 0 Å². The number of halogens is 1. The highest BCUT2D eigenvalue weighted by atomic mass is 32.1. The van der Waals surface area contributed by atoms with Gasteiger partial charge in [0, 0.05) is 11.8 Å². The standard InChI is InChI=1S/C15H12FN3O6S/c16-10-4-3-9(6-11(10)19(23)24)18-13(20)8-25-14(21)7-17-15(22)12-2-1-5-26-12/h1-6H,7-8H2,(H,17,22)(H,18,20). The molecule has 2 N–H and O–H groups in total. The molecule has 0 radical (unpaired) electrons. The van der Waals surface area contributed by atoms with Crippen molar-refractivity contribution in [1.82, 2.24) is 5.32 Å². The maximum atomic E-state index is 13.2. The lowest BCUT2D eigenvalue weighted by molar-refractivity contribution is -0.387. The Morgan fingerprint density at radius 2 is 2.04 bits per heavy atom. The van der Waals surface area contributed by atoms with E-state index in [1.165, 1.54) is 11.3 Å². The van der Waals surface area contributed by atoms with Gasteiger partial charge in [-0.3, -0.25) is 24.5 Å². The smallest absolute Gasteiger partial charge is 0.325 e. The highest BCUT2D eigenvalue weighted by Crippen LogP contribution is 2.21. The van der Waals surface area contributed by atoms with Gasteiger partial charge in [-0.2, -0.15) is 4.39 Å². The van der Waals surface area contributed by atoms with E-state index in [0.29, 0.717) is 4.88 Å². The van der Waals surface area contributed by atoms with Gasteiger partial charge in [0.15, 0.2) is 6.61 Å². The van der Waals surface area contributed by atoms with Gasteiger partial charge in [0.05, 0.1) is 9.80 Å². The molecule has 0 unspecified atom stereocenters. The van der Waals surface area contributed by atoms with E-state index in [1.54, 1.807) is 17.5 Å². The van der Waals surface area contributed by atoms with Crippen LogP contribution in [-0.2, 0) is 14.3 Å². The molecule has 1 heterocycles. The number of carbonyl (C=O) groups excluding carboxylic acids is 3. The Morgan fingerprint density at radius 1 is 1.27 bits per heavy atom. The zero-order valence-corrected chi connectivity index (χ0v) is 13.9. The van der Waals surface area contributed by atoms with Crippen LogP contribution in [0.4, 0.5) is 15.8 Å². The number of nitro benzene ring substituents is 1. The summed E-state index contributed by atoms with van der Waals surface area (Å²) < 4.78 is 17.9. The van der Waals surface area contributed by atoms with Crippen LogP contribution in [0, 0.1) is 15.9 Å². The Hall–Kier alpha value is -3.34. The van der Waals surface area contributed by atoms with Crippen LogP contribution in [0.25, 0.3) is 0 Å². The minimum Gasteiger partial charge on any atom is -0.454 e. The summed E-state index contributed by atoms with van der Waals surface area (Å²) >= 11 is 1.20. The predicted molar refractivity (Wildman–Crippen MR) is 89.3 cm³/mol. The molecule has 11 heteroatoms. The third kappa shape index (κ3) is 5.34. The molecule has 0 fully saturated rings. The first-order valence-corrected chi connectivity index (χ1v) is 7.96. The van der Waals surface area contributed by atoms with Gasteiger partial charge in [-0.1, -0.05) is 6.07 Å². The molecule has 2 aromatic rings. The summed E-state index contributed by atoms with van der Waals surface area (Å²) in [5.74, 6) is -3.10. The molecule has 0 aliphatic heterocycles. The average Bonchev–Trinajstić information content (AvgIpc) is 3.14. The second-order valence-electron chi connectivity index (χ2n) is 4.79. The predicted octanol–water partition coefficient (Wildman–Crippen LogP) is 1.71. The number of anilines is 1. The number of hydrogen-bond acceptors (Lipinski definition) is 7. The number of thiophene rings is 1. The highest BCUT2D eigenvalue weighted by molar-refractivity contribution is 7.12. The molecule has 0 atom stereocenters. The lowest BCUT2D eigenvalue weighted by Crippen LogP contribution is -2.31. The van der Waals surface area contributed by atoms with E-state index in [2.05, 4.69) is 15.4 Å². The largest absolute Gasteiger partial charge is 0.454 e. The number of hydrogen-bond donors (Lipinski definition) is 2. The molecule has 136 valence electrons. The van der Waals surface area contributed by atoms with Gasteiger partial charge in [-0.15, -0.1) is 11.3 Å². The summed E-state index contributed by atoms with van der Waals surface area (Å²) in [6.07, 6.45) is 0. The zero-order valence-electron chi connectivity index (χ0n) is 13.1. The Labute approximate surface area is 149 Å². The number of nitrogens with zero attached hydrogens (tertiary/aromatic N) is 1. The van der Waals surface area contributed by atoms with Crippen LogP contribution in [0.15, 0.2) is 35.7 Å². The molecule has 0 bridgehead atoms. The van der Waals surface area contributed by atoms with Crippen LogP contribution in [0.1, 0.15) is 9.67 Å². The summed E-state index contributed by atoms with van der Waals surface area (Å²) in [6.45, 7) is -1.09. The summed E-state index contributed by atoms with van der Waals surface area (Å²) in [5, 5.41) is 16.9. The van der Waals surface area contributed by atoms with E-state index in [9.17, 15) is 28.9 Å². The first kappa shape index (κ1) is 19.0. The van der Waals surface area contributed by atoms with Gasteiger partial charge in [-0.05, 0) is 23.6 Å². The van der Waals surface area contributed by atoms with Crippen molar-refractivity contribution in [3.05, 3.63) is 56.5 Å². The lowest BCUT2D eigenvalue weighted by atomic mass is 10.2. The van der Waals surface area contributed by atoms with Gasteiger partial charge in [-0.25, -0.2) is 0 Å². The number of rotatable bonds is 7. The molecular weight excluding hydrogens is 369 g/mol. The van der Waals surface area contributed by atoms with Gasteiger partial charge in [0.1, 0.15) is 6.54 Å². The third-order valence-corrected chi connectivity index (χ3v) is 3.80. The van der Waals surface area contributed by atoms with Crippen molar-refractivity contribution >= 4 is 40.5 Å². The SMILES string of the molecule is O=C(COC(=O)CNC(=O)c1cccs1)Nc1ccc(F)c([N+](=O)[O-])c1. The molecule has 0 aliphatic carbocycles. The van der Waals surface area contributed by atoms with Crippen molar-refractivity contribution in [3.63, 3.8) is 0 Å². The van der Waals surface area contributed by atoms with Crippen molar-refractivity contribution in [3.8, 4) is 0 Å². The molecule has 0 aliphatic rings. The fourth-order valence-electron chi connectivity index (χ4n) is 1.77. The molecule has 9 nitrogen and oxygen atoms in total. The molecule has 2 rings (SSSR count). The van der Waals surface area contributed by atoms with Crippen LogP contribution in [0.2, 0.25) is 0 Å². The highest BCUT2D eigenvalue weighted by Gasteiger charge is 2.16. The maximum absolute atomic E-state index is 13.2. The molecular formula is C15H12FN3O6S. The van der Waals surface area contributed by atoms with Gasteiger partial charge in [0.25, 0.3) is 11.8 Å². The van der Waals surface area contributed by atoms with E-state index in [0.717, 1.165) is 18.2 Å². The number of nitrogens with one attached hydrogen (secondary N) is 2. The molecule has 0 saturated carbocycles. The minimum atomic E-state index is -1.04. The van der Waals surface area contributed by atoms with Crippen molar-refractivity contribution in [2.75, 3.05) is 18.5 Å². The quantitative estimate of drug-likeness (QED) is 0.427. The fraction of sp³-hybridized carbons (Fsp3) is 0.133. The fourth-order valence-corrected chi connectivity index (χ4v) is 2.41. The summed E-state index contributed by atoms with van der Waals surface area (Å²) in [7, 11) is 0. The van der Waals surface area contributed by atoms with Crippen LogP contribution in [0.5, 0.6) is 0 Å². The average molecular weight is 381 g/mol. The first-order valence-electron chi connectivity index (χ1n) is 7.08. The van der Waals surface area contributed by atoms with Crippen LogP contribution < -0.4 is 10.6 Å². The number of amides is 2. The Kier molecular flexibility index (Phi) is 6.33. The van der Waals surface area contributed by atoms with E-state index >= 15 is 0 Å². The zero-order chi connectivity index (χ0) is 19.1. The van der Waals surface area contributed by atoms with E-state index in [4.69, 9.17) is 0 Å². The Bertz CT molecular complexity index is 840. The number of ether oxygens (including phenoxy) is 1. The molecule has 1 aromatic carbocycles. The molecule has 0 spiro atoms. The second kappa shape index (κ2) is 8.67. The van der Waals surface area contributed by atoms with E-state index < -0.39 is 47.4 Å². The molecule has 0 saturated heterocycles. The van der Waals surface area contributed by atoms with Crippen LogP contribution in [0.3, 0.4) is 0 Å². The van der Waals surface area contributed by atoms with Crippen LogP contribution in [-0.4, -0.2) is 35.9 Å². The Balaban J connectivity index is 1.78. The summed E-state index contributed by atoms with van der Waals surface area (Å²) in [5.41, 5.74) is -0.818. The Morgan fingerprint density at radius 3 is 2.69 bits per heavy atom. The second-order valence-corrected chi connectivity index (χ2v) is 5.74. The van der Waals surface area contributed by atoms with Crippen molar-refractivity contribution < 1.29 is 28.4 Å². The van der Waals surface area contributed by atoms with E-state index in [1.807, 2.05) is 0 Å². The van der Waals surface area contributed by atoms with Gasteiger partial charge in [0.2, 0.25) is 5.82 Å². The summed E-state index contributed by atoms with van der Waals surface area (Å²) in [4.78, 5) is 44.9. The molecule has 1 aromatic heterocycles. The lowest BCUT2D eigenvalue weighted by Gasteiger charge is -2.07. The number of benzene rings is 1. The van der Waals surface area contributed by atoms with Crippen molar-refractivity contribution in [1.29, 1.82) is 0 Å². The monoisotopic (exact) mass is 381 g/mol. The molecule has 2 amide bonds. The number of nitro groups is 1. The topological polar surface area (TPSA) is 128 Å². The van der Waals surface area contributed by atoms with Gasteiger partial charge >= 0.3 is 11.7 Å². The minimum absolute atomic E-state index is 0.0230. The number of esters is 1. The van der Waals surface area contributed by atoms with E-state index in [-0.39, 0.29) is 5.69 Å². The van der Waals surface area contributed by atoms with Gasteiger partial charge < -0.3 is 15.4 Å². The maximum Gasteiger partial charge on any atom is 0.325 e. The number of carbonyl (C=O) groups is 3. The summed E-state index contributed by atoms with van der Waals surface area (Å²) in [6, 6.07) is 6.07. The first-order chi connectivity index (χ1) is 12.4. The van der Waals surface area contributed by atoms with Crippen molar-refractivity contribution in [2.45, 2.75) is 0 Å². The molecule has 26 heavy (non-hydrogen) atoms. The van der Waals surface area contributed by atoms with Crippen LogP contribution >= 0.6 is 11.3 Å². The normalized spacial score (nSPS) is 10.0. The third-order valence-electron chi connectivity index (χ3n) is 2.93.